The first-order valence-electron chi connectivity index (χ1n) is 8.43. The molecule has 0 aromatic carbocycles. The zero-order valence-electron chi connectivity index (χ0n) is 14.3. The minimum atomic E-state index is -0.179. The van der Waals surface area contributed by atoms with Gasteiger partial charge in [-0.05, 0) is 13.3 Å². The molecule has 1 saturated heterocycles. The number of fused-ring (bicyclic) bond motifs is 3. The average Bonchev–Trinajstić information content (AvgIpc) is 3.16. The fourth-order valence-corrected chi connectivity index (χ4v) is 4.18. The van der Waals surface area contributed by atoms with E-state index in [-0.39, 0.29) is 11.2 Å². The van der Waals surface area contributed by atoms with Gasteiger partial charge >= 0.3 is 0 Å². The van der Waals surface area contributed by atoms with Gasteiger partial charge in [0.15, 0.2) is 5.58 Å². The number of furan rings is 1. The van der Waals surface area contributed by atoms with Crippen LogP contribution in [-0.2, 0) is 9.53 Å². The molecule has 0 N–H and O–H groups in total. The molecule has 132 valence electrons. The summed E-state index contributed by atoms with van der Waals surface area (Å²) < 4.78 is 13.0. The van der Waals surface area contributed by atoms with Crippen LogP contribution >= 0.6 is 11.8 Å². The Labute approximate surface area is 149 Å². The molecule has 4 heterocycles. The Bertz CT molecular complexity index is 913. The highest BCUT2D eigenvalue weighted by Gasteiger charge is 2.27. The molecule has 1 aliphatic rings. The van der Waals surface area contributed by atoms with E-state index in [0.29, 0.717) is 26.3 Å². The highest BCUT2D eigenvalue weighted by atomic mass is 32.2. The van der Waals surface area contributed by atoms with Crippen LogP contribution < -0.4 is 0 Å². The van der Waals surface area contributed by atoms with Gasteiger partial charge in [0.05, 0.1) is 29.5 Å². The quantitative estimate of drug-likeness (QED) is 0.666. The van der Waals surface area contributed by atoms with Gasteiger partial charge in [-0.1, -0.05) is 18.7 Å². The van der Waals surface area contributed by atoms with E-state index < -0.39 is 0 Å². The maximum Gasteiger partial charge on any atom is 0.236 e. The molecule has 1 atom stereocenters. The smallest absolute Gasteiger partial charge is 0.236 e. The number of hydrogen-bond donors (Lipinski definition) is 0. The van der Waals surface area contributed by atoms with Gasteiger partial charge in [0.1, 0.15) is 17.1 Å². The predicted molar refractivity (Wildman–Crippen MR) is 94.8 cm³/mol. The average molecular weight is 360 g/mol. The number of thioether (sulfide) groups is 1. The van der Waals surface area contributed by atoms with Crippen molar-refractivity contribution in [2.24, 2.45) is 0 Å². The number of aromatic nitrogens is 3. The van der Waals surface area contributed by atoms with Crippen LogP contribution in [0.25, 0.3) is 16.6 Å². The van der Waals surface area contributed by atoms with Crippen LogP contribution in [0.1, 0.15) is 19.1 Å². The fourth-order valence-electron chi connectivity index (χ4n) is 3.12. The summed E-state index contributed by atoms with van der Waals surface area (Å²) in [6, 6.07) is 3.94. The van der Waals surface area contributed by atoms with Crippen molar-refractivity contribution in [2.45, 2.75) is 30.5 Å². The van der Waals surface area contributed by atoms with Gasteiger partial charge in [-0.15, -0.1) is 10.2 Å². The van der Waals surface area contributed by atoms with E-state index in [1.165, 1.54) is 11.8 Å². The molecular formula is C17H20N4O3S. The molecule has 0 bridgehead atoms. The molecule has 1 unspecified atom stereocenters. The highest BCUT2D eigenvalue weighted by molar-refractivity contribution is 8.00. The van der Waals surface area contributed by atoms with E-state index >= 15 is 0 Å². The topological polar surface area (TPSA) is 72.9 Å². The third-order valence-corrected chi connectivity index (χ3v) is 5.74. The summed E-state index contributed by atoms with van der Waals surface area (Å²) in [4.78, 5) is 14.7. The van der Waals surface area contributed by atoms with Crippen molar-refractivity contribution in [1.29, 1.82) is 0 Å². The molecule has 0 radical (unpaired) electrons. The Balaban J connectivity index is 1.64. The standard InChI is InChI=1S/C17H20N4O3S/c1-3-15(17(22)20-4-6-23-7-5-20)25-16-13-9-14-12(8-11(2)24-14)21(13)10-18-19-16/h8-10,15H,3-7H2,1-2H3. The first kappa shape index (κ1) is 16.4. The maximum absolute atomic E-state index is 12.8. The van der Waals surface area contributed by atoms with Crippen LogP contribution in [0.2, 0.25) is 0 Å². The van der Waals surface area contributed by atoms with E-state index in [0.717, 1.165) is 33.8 Å². The van der Waals surface area contributed by atoms with E-state index in [9.17, 15) is 4.79 Å². The molecule has 3 aromatic heterocycles. The summed E-state index contributed by atoms with van der Waals surface area (Å²) in [6.07, 6.45) is 2.42. The summed E-state index contributed by atoms with van der Waals surface area (Å²) in [7, 11) is 0. The number of carbonyl (C=O) groups is 1. The SMILES string of the molecule is CCC(Sc1nncn2c1cc1oc(C)cc12)C(=O)N1CCOCC1. The van der Waals surface area contributed by atoms with Crippen LogP contribution in [0.5, 0.6) is 0 Å². The Morgan fingerprint density at radius 2 is 2.12 bits per heavy atom. The molecule has 3 aromatic rings. The summed E-state index contributed by atoms with van der Waals surface area (Å²) in [5, 5.41) is 8.95. The number of carbonyl (C=O) groups excluding carboxylic acids is 1. The summed E-state index contributed by atoms with van der Waals surface area (Å²) in [5.41, 5.74) is 2.69. The minimum Gasteiger partial charge on any atom is -0.460 e. The second kappa shape index (κ2) is 6.68. The lowest BCUT2D eigenvalue weighted by Crippen LogP contribution is -2.44. The summed E-state index contributed by atoms with van der Waals surface area (Å²) >= 11 is 1.47. The third kappa shape index (κ3) is 3.00. The monoisotopic (exact) mass is 360 g/mol. The fraction of sp³-hybridized carbons (Fsp3) is 0.471. The van der Waals surface area contributed by atoms with Crippen molar-refractivity contribution in [3.63, 3.8) is 0 Å². The number of amides is 1. The highest BCUT2D eigenvalue weighted by Crippen LogP contribution is 2.32. The molecule has 4 rings (SSSR count). The molecule has 25 heavy (non-hydrogen) atoms. The molecule has 1 aliphatic heterocycles. The third-order valence-electron chi connectivity index (χ3n) is 4.41. The van der Waals surface area contributed by atoms with Gasteiger partial charge in [-0.3, -0.25) is 9.20 Å². The second-order valence-corrected chi connectivity index (χ2v) is 7.29. The van der Waals surface area contributed by atoms with Crippen molar-refractivity contribution in [3.8, 4) is 0 Å². The number of nitrogens with zero attached hydrogens (tertiary/aromatic N) is 4. The van der Waals surface area contributed by atoms with Crippen LogP contribution in [0.4, 0.5) is 0 Å². The van der Waals surface area contributed by atoms with Gasteiger partial charge in [0.25, 0.3) is 0 Å². The van der Waals surface area contributed by atoms with Gasteiger partial charge in [0, 0.05) is 25.2 Å². The molecule has 0 saturated carbocycles. The van der Waals surface area contributed by atoms with Gasteiger partial charge in [0.2, 0.25) is 5.91 Å². The molecule has 0 spiro atoms. The number of aryl methyl sites for hydroxylation is 1. The van der Waals surface area contributed by atoms with Crippen molar-refractivity contribution >= 4 is 34.3 Å². The molecule has 8 heteroatoms. The minimum absolute atomic E-state index is 0.144. The zero-order chi connectivity index (χ0) is 17.4. The van der Waals surface area contributed by atoms with Gasteiger partial charge < -0.3 is 14.1 Å². The molecule has 0 aliphatic carbocycles. The van der Waals surface area contributed by atoms with Crippen LogP contribution in [0.15, 0.2) is 27.9 Å². The number of morpholine rings is 1. The largest absolute Gasteiger partial charge is 0.460 e. The van der Waals surface area contributed by atoms with Crippen molar-refractivity contribution in [1.82, 2.24) is 19.5 Å². The molecule has 7 nitrogen and oxygen atoms in total. The zero-order valence-corrected chi connectivity index (χ0v) is 15.1. The lowest BCUT2D eigenvalue weighted by molar-refractivity contribution is -0.134. The molecule has 1 amide bonds. The van der Waals surface area contributed by atoms with Crippen molar-refractivity contribution < 1.29 is 13.9 Å². The first-order chi connectivity index (χ1) is 12.2. The summed E-state index contributed by atoms with van der Waals surface area (Å²) in [5.74, 6) is 1.00. The maximum atomic E-state index is 12.8. The van der Waals surface area contributed by atoms with Gasteiger partial charge in [-0.25, -0.2) is 0 Å². The van der Waals surface area contributed by atoms with E-state index in [2.05, 4.69) is 10.2 Å². The van der Waals surface area contributed by atoms with E-state index in [1.807, 2.05) is 35.3 Å². The number of hydrogen-bond acceptors (Lipinski definition) is 6. The summed E-state index contributed by atoms with van der Waals surface area (Å²) in [6.45, 7) is 6.47. The molecule has 1 fully saturated rings. The van der Waals surface area contributed by atoms with Crippen molar-refractivity contribution in [2.75, 3.05) is 26.3 Å². The van der Waals surface area contributed by atoms with Crippen LogP contribution in [0.3, 0.4) is 0 Å². The predicted octanol–water partition coefficient (Wildman–Crippen LogP) is 2.51. The Morgan fingerprint density at radius 3 is 2.88 bits per heavy atom. The molecular weight excluding hydrogens is 340 g/mol. The van der Waals surface area contributed by atoms with Gasteiger partial charge in [-0.2, -0.15) is 0 Å². The van der Waals surface area contributed by atoms with Crippen molar-refractivity contribution in [3.05, 3.63) is 24.2 Å². The Hall–Kier alpha value is -2.06. The Kier molecular flexibility index (Phi) is 4.39. The normalized spacial score (nSPS) is 16.6. The Morgan fingerprint density at radius 1 is 1.32 bits per heavy atom. The lowest BCUT2D eigenvalue weighted by Gasteiger charge is -2.29. The van der Waals surface area contributed by atoms with Crippen LogP contribution in [0, 0.1) is 6.92 Å². The first-order valence-corrected chi connectivity index (χ1v) is 9.31. The van der Waals surface area contributed by atoms with Crippen LogP contribution in [-0.4, -0.2) is 57.0 Å². The second-order valence-electron chi connectivity index (χ2n) is 6.09. The lowest BCUT2D eigenvalue weighted by atomic mass is 10.2. The number of ether oxygens (including phenoxy) is 1. The number of rotatable bonds is 4. The van der Waals surface area contributed by atoms with E-state index in [4.69, 9.17) is 9.15 Å². The van der Waals surface area contributed by atoms with E-state index in [1.54, 1.807) is 6.33 Å².